The molecule has 0 aromatic heterocycles. The summed E-state index contributed by atoms with van der Waals surface area (Å²) in [5.74, 6) is -2.00. The highest BCUT2D eigenvalue weighted by molar-refractivity contribution is 7.89. The maximum atomic E-state index is 12.7. The van der Waals surface area contributed by atoms with E-state index in [1.807, 2.05) is 20.8 Å². The lowest BCUT2D eigenvalue weighted by atomic mass is 9.94. The van der Waals surface area contributed by atoms with Crippen molar-refractivity contribution in [3.05, 3.63) is 29.8 Å². The highest BCUT2D eigenvalue weighted by Crippen LogP contribution is 2.19. The minimum atomic E-state index is -3.83. The molecule has 1 aromatic carbocycles. The van der Waals surface area contributed by atoms with Crippen molar-refractivity contribution >= 4 is 27.8 Å². The summed E-state index contributed by atoms with van der Waals surface area (Å²) in [6, 6.07) is 4.47. The number of nitrogens with zero attached hydrogens (tertiary/aromatic N) is 1. The second kappa shape index (κ2) is 10.9. The normalized spacial score (nSPS) is 17.1. The summed E-state index contributed by atoms with van der Waals surface area (Å²) in [4.78, 5) is 38.3. The SMILES string of the molecule is Cc1ccc(S(=O)(=O)NC(C)C(=O)N2CCC(C(=O)NC(CC(C)C)C(=O)O)CC2)cc1. The van der Waals surface area contributed by atoms with Gasteiger partial charge >= 0.3 is 5.97 Å². The molecule has 2 amide bonds. The van der Waals surface area contributed by atoms with Crippen molar-refractivity contribution in [3.63, 3.8) is 0 Å². The van der Waals surface area contributed by atoms with E-state index in [-0.39, 0.29) is 28.5 Å². The van der Waals surface area contributed by atoms with Gasteiger partial charge < -0.3 is 15.3 Å². The van der Waals surface area contributed by atoms with Gasteiger partial charge in [0.15, 0.2) is 0 Å². The quantitative estimate of drug-likeness (QED) is 0.504. The van der Waals surface area contributed by atoms with Crippen LogP contribution in [0, 0.1) is 18.8 Å². The van der Waals surface area contributed by atoms with Gasteiger partial charge in [0, 0.05) is 19.0 Å². The van der Waals surface area contributed by atoms with Gasteiger partial charge in [-0.1, -0.05) is 31.5 Å². The zero-order valence-electron chi connectivity index (χ0n) is 19.0. The number of piperidine rings is 1. The van der Waals surface area contributed by atoms with Crippen LogP contribution >= 0.6 is 0 Å². The van der Waals surface area contributed by atoms with Gasteiger partial charge in [-0.3, -0.25) is 9.59 Å². The van der Waals surface area contributed by atoms with E-state index < -0.39 is 28.1 Å². The number of carbonyl (C=O) groups is 3. The number of sulfonamides is 1. The summed E-state index contributed by atoms with van der Waals surface area (Å²) in [6.45, 7) is 7.73. The van der Waals surface area contributed by atoms with E-state index in [4.69, 9.17) is 0 Å². The Morgan fingerprint density at radius 1 is 1.09 bits per heavy atom. The van der Waals surface area contributed by atoms with E-state index in [0.29, 0.717) is 32.4 Å². The molecule has 1 aromatic rings. The number of nitrogens with one attached hydrogen (secondary N) is 2. The molecule has 0 aliphatic carbocycles. The number of amides is 2. The Hall–Kier alpha value is -2.46. The van der Waals surface area contributed by atoms with Crippen molar-refractivity contribution in [2.75, 3.05) is 13.1 Å². The Morgan fingerprint density at radius 2 is 1.66 bits per heavy atom. The van der Waals surface area contributed by atoms with Gasteiger partial charge in [0.05, 0.1) is 10.9 Å². The molecular weight excluding hydrogens is 434 g/mol. The second-order valence-electron chi connectivity index (χ2n) is 8.78. The zero-order valence-corrected chi connectivity index (χ0v) is 19.8. The molecule has 1 aliphatic rings. The predicted octanol–water partition coefficient (Wildman–Crippen LogP) is 1.52. The first kappa shape index (κ1) is 25.8. The van der Waals surface area contributed by atoms with Gasteiger partial charge in [0.1, 0.15) is 6.04 Å². The minimum absolute atomic E-state index is 0.0903. The first-order chi connectivity index (χ1) is 14.9. The summed E-state index contributed by atoms with van der Waals surface area (Å²) in [7, 11) is -3.83. The first-order valence-corrected chi connectivity index (χ1v) is 12.3. The summed E-state index contributed by atoms with van der Waals surface area (Å²) in [5, 5.41) is 11.9. The molecule has 0 spiro atoms. The largest absolute Gasteiger partial charge is 0.480 e. The number of hydrogen-bond acceptors (Lipinski definition) is 5. The van der Waals surface area contributed by atoms with Crippen LogP contribution in [0.15, 0.2) is 29.2 Å². The third kappa shape index (κ3) is 7.03. The Kier molecular flexibility index (Phi) is 8.80. The molecule has 1 heterocycles. The van der Waals surface area contributed by atoms with Crippen molar-refractivity contribution in [1.82, 2.24) is 14.9 Å². The van der Waals surface area contributed by atoms with Crippen LogP contribution in [0.5, 0.6) is 0 Å². The van der Waals surface area contributed by atoms with E-state index in [9.17, 15) is 27.9 Å². The van der Waals surface area contributed by atoms with Gasteiger partial charge in [0.25, 0.3) is 0 Å². The number of carboxylic acids is 1. The molecule has 2 atom stereocenters. The molecule has 3 N–H and O–H groups in total. The van der Waals surface area contributed by atoms with E-state index in [2.05, 4.69) is 10.0 Å². The standard InChI is InChI=1S/C22H33N3O6S/c1-14(2)13-19(22(28)29)23-20(26)17-9-11-25(12-10-17)21(27)16(4)24-32(30,31)18-7-5-15(3)6-8-18/h5-8,14,16-17,19,24H,9-13H2,1-4H3,(H,23,26)(H,28,29). The lowest BCUT2D eigenvalue weighted by Crippen LogP contribution is -2.51. The van der Waals surface area contributed by atoms with Crippen molar-refractivity contribution in [2.24, 2.45) is 11.8 Å². The smallest absolute Gasteiger partial charge is 0.326 e. The predicted molar refractivity (Wildman–Crippen MR) is 119 cm³/mol. The Morgan fingerprint density at radius 3 is 2.16 bits per heavy atom. The average Bonchev–Trinajstić information content (AvgIpc) is 2.72. The molecule has 10 heteroatoms. The lowest BCUT2D eigenvalue weighted by molar-refractivity contribution is -0.143. The topological polar surface area (TPSA) is 133 Å². The molecule has 32 heavy (non-hydrogen) atoms. The Labute approximate surface area is 189 Å². The molecule has 0 radical (unpaired) electrons. The highest BCUT2D eigenvalue weighted by atomic mass is 32.2. The van der Waals surface area contributed by atoms with Crippen molar-refractivity contribution < 1.29 is 27.9 Å². The third-order valence-corrected chi connectivity index (χ3v) is 7.09. The van der Waals surface area contributed by atoms with Gasteiger partial charge in [0.2, 0.25) is 21.8 Å². The molecule has 2 rings (SSSR count). The number of likely N-dealkylation sites (tertiary alicyclic amines) is 1. The van der Waals surface area contributed by atoms with E-state index in [1.54, 1.807) is 12.1 Å². The van der Waals surface area contributed by atoms with Gasteiger partial charge in [-0.2, -0.15) is 4.72 Å². The molecule has 0 bridgehead atoms. The van der Waals surface area contributed by atoms with Crippen molar-refractivity contribution in [3.8, 4) is 0 Å². The molecule has 1 aliphatic heterocycles. The summed E-state index contributed by atoms with van der Waals surface area (Å²) >= 11 is 0. The molecule has 1 fully saturated rings. The van der Waals surface area contributed by atoms with Crippen LogP contribution in [0.1, 0.15) is 45.6 Å². The monoisotopic (exact) mass is 467 g/mol. The van der Waals surface area contributed by atoms with Crippen LogP contribution in [-0.2, 0) is 24.4 Å². The number of rotatable bonds is 9. The second-order valence-corrected chi connectivity index (χ2v) is 10.5. The average molecular weight is 468 g/mol. The third-order valence-electron chi connectivity index (χ3n) is 5.53. The number of benzene rings is 1. The number of carbonyl (C=O) groups excluding carboxylic acids is 2. The van der Waals surface area contributed by atoms with Crippen LogP contribution in [0.4, 0.5) is 0 Å². The van der Waals surface area contributed by atoms with E-state index in [0.717, 1.165) is 5.56 Å². The number of hydrogen-bond donors (Lipinski definition) is 3. The fourth-order valence-corrected chi connectivity index (χ4v) is 4.88. The van der Waals surface area contributed by atoms with Gasteiger partial charge in [-0.05, 0) is 51.2 Å². The maximum Gasteiger partial charge on any atom is 0.326 e. The Balaban J connectivity index is 1.90. The van der Waals surface area contributed by atoms with Crippen LogP contribution < -0.4 is 10.0 Å². The first-order valence-electron chi connectivity index (χ1n) is 10.8. The minimum Gasteiger partial charge on any atom is -0.480 e. The summed E-state index contributed by atoms with van der Waals surface area (Å²) in [5.41, 5.74) is 0.930. The van der Waals surface area contributed by atoms with Gasteiger partial charge in [-0.15, -0.1) is 0 Å². The number of aliphatic carboxylic acids is 1. The number of aryl methyl sites for hydroxylation is 1. The number of carboxylic acid groups (broad SMARTS) is 1. The lowest BCUT2D eigenvalue weighted by Gasteiger charge is -2.33. The fraction of sp³-hybridized carbons (Fsp3) is 0.591. The summed E-state index contributed by atoms with van der Waals surface area (Å²) in [6.07, 6.45) is 1.13. The molecule has 2 unspecified atom stereocenters. The van der Waals surface area contributed by atoms with Crippen molar-refractivity contribution in [2.45, 2.75) is 63.9 Å². The molecular formula is C22H33N3O6S. The molecule has 1 saturated heterocycles. The van der Waals surface area contributed by atoms with E-state index in [1.165, 1.54) is 24.0 Å². The van der Waals surface area contributed by atoms with Crippen LogP contribution in [0.2, 0.25) is 0 Å². The van der Waals surface area contributed by atoms with Crippen LogP contribution in [-0.4, -0.2) is 61.4 Å². The maximum absolute atomic E-state index is 12.7. The van der Waals surface area contributed by atoms with Crippen LogP contribution in [0.3, 0.4) is 0 Å². The van der Waals surface area contributed by atoms with E-state index >= 15 is 0 Å². The molecule has 178 valence electrons. The molecule has 9 nitrogen and oxygen atoms in total. The summed E-state index contributed by atoms with van der Waals surface area (Å²) < 4.78 is 27.5. The van der Waals surface area contributed by atoms with Crippen molar-refractivity contribution in [1.29, 1.82) is 0 Å². The molecule has 0 saturated carbocycles. The highest BCUT2D eigenvalue weighted by Gasteiger charge is 2.32. The Bertz CT molecular complexity index is 921. The fourth-order valence-electron chi connectivity index (χ4n) is 3.69. The van der Waals surface area contributed by atoms with Gasteiger partial charge in [-0.25, -0.2) is 13.2 Å². The van der Waals surface area contributed by atoms with Crippen LogP contribution in [0.25, 0.3) is 0 Å². The zero-order chi connectivity index (χ0) is 24.1.